The summed E-state index contributed by atoms with van der Waals surface area (Å²) in [5, 5.41) is 2.88. The van der Waals surface area contributed by atoms with Gasteiger partial charge in [-0.25, -0.2) is 4.98 Å². The van der Waals surface area contributed by atoms with E-state index in [4.69, 9.17) is 22.1 Å². The van der Waals surface area contributed by atoms with Crippen LogP contribution in [0.1, 0.15) is 31.1 Å². The molecule has 1 heterocycles. The molecule has 0 unspecified atom stereocenters. The van der Waals surface area contributed by atoms with E-state index in [0.29, 0.717) is 18.8 Å². The average Bonchev–Trinajstić information content (AvgIpc) is 2.29. The molecular weight excluding hydrogens is 254 g/mol. The normalized spacial score (nSPS) is 11.3. The van der Waals surface area contributed by atoms with Crippen LogP contribution in [-0.2, 0) is 4.74 Å². The molecule has 5 nitrogen and oxygen atoms in total. The maximum atomic E-state index is 11.9. The Kier molecular flexibility index (Phi) is 4.93. The Labute approximate surface area is 112 Å². The Morgan fingerprint density at radius 1 is 1.61 bits per heavy atom. The molecule has 6 heteroatoms. The van der Waals surface area contributed by atoms with Gasteiger partial charge in [0.25, 0.3) is 5.91 Å². The number of aromatic nitrogens is 1. The minimum Gasteiger partial charge on any atom is -0.397 e. The number of amides is 1. The van der Waals surface area contributed by atoms with Crippen LogP contribution in [0.3, 0.4) is 0 Å². The molecule has 0 aliphatic carbocycles. The second-order valence-electron chi connectivity index (χ2n) is 4.48. The zero-order valence-corrected chi connectivity index (χ0v) is 11.5. The van der Waals surface area contributed by atoms with Crippen LogP contribution in [-0.4, -0.2) is 29.6 Å². The first-order valence-corrected chi connectivity index (χ1v) is 6.06. The van der Waals surface area contributed by atoms with Gasteiger partial charge in [0.05, 0.1) is 23.0 Å². The summed E-state index contributed by atoms with van der Waals surface area (Å²) >= 11 is 5.84. The number of nitrogen functional groups attached to an aromatic ring is 1. The van der Waals surface area contributed by atoms with Crippen molar-refractivity contribution >= 4 is 23.2 Å². The maximum absolute atomic E-state index is 11.9. The quantitative estimate of drug-likeness (QED) is 0.802. The minimum atomic E-state index is -0.426. The first kappa shape index (κ1) is 14.7. The molecule has 0 saturated heterocycles. The molecule has 3 N–H and O–H groups in total. The third kappa shape index (κ3) is 4.16. The predicted octanol–water partition coefficient (Wildman–Crippen LogP) is 1.86. The second kappa shape index (κ2) is 6.02. The summed E-state index contributed by atoms with van der Waals surface area (Å²) < 4.78 is 5.48. The van der Waals surface area contributed by atoms with E-state index >= 15 is 0 Å². The number of nitrogens with zero attached hydrogens (tertiary/aromatic N) is 1. The summed E-state index contributed by atoms with van der Waals surface area (Å²) in [6.07, 6.45) is 1.41. The molecule has 1 aromatic heterocycles. The number of ether oxygens (including phenoxy) is 1. The molecule has 0 aliphatic heterocycles. The highest BCUT2D eigenvalue weighted by Gasteiger charge is 2.20. The van der Waals surface area contributed by atoms with Gasteiger partial charge in [0, 0.05) is 13.2 Å². The van der Waals surface area contributed by atoms with E-state index in [1.165, 1.54) is 12.3 Å². The minimum absolute atomic E-state index is 0.135. The maximum Gasteiger partial charge on any atom is 0.254 e. The lowest BCUT2D eigenvalue weighted by Gasteiger charge is -2.24. The monoisotopic (exact) mass is 271 g/mol. The smallest absolute Gasteiger partial charge is 0.254 e. The van der Waals surface area contributed by atoms with Crippen molar-refractivity contribution in [2.75, 3.05) is 18.9 Å². The van der Waals surface area contributed by atoms with E-state index in [1.807, 2.05) is 20.8 Å². The number of hydrogen-bond donors (Lipinski definition) is 2. The Bertz CT molecular complexity index is 435. The number of hydrogen-bond acceptors (Lipinski definition) is 4. The lowest BCUT2D eigenvalue weighted by Crippen LogP contribution is -2.40. The topological polar surface area (TPSA) is 77.2 Å². The van der Waals surface area contributed by atoms with Gasteiger partial charge in [-0.15, -0.1) is 0 Å². The van der Waals surface area contributed by atoms with Crippen LogP contribution in [0.2, 0.25) is 5.15 Å². The standard InChI is InChI=1S/C12H18ClN3O2/c1-4-18-12(2,3)7-16-11(17)9-5-8(14)6-15-10(9)13/h5-6H,4,7,14H2,1-3H3,(H,16,17). The van der Waals surface area contributed by atoms with Gasteiger partial charge in [0.1, 0.15) is 5.15 Å². The van der Waals surface area contributed by atoms with Crippen LogP contribution in [0.15, 0.2) is 12.3 Å². The van der Waals surface area contributed by atoms with Gasteiger partial charge in [-0.05, 0) is 26.8 Å². The van der Waals surface area contributed by atoms with Crippen LogP contribution in [0.5, 0.6) is 0 Å². The van der Waals surface area contributed by atoms with Crippen molar-refractivity contribution < 1.29 is 9.53 Å². The summed E-state index contributed by atoms with van der Waals surface area (Å²) in [4.78, 5) is 15.8. The van der Waals surface area contributed by atoms with Crippen molar-refractivity contribution in [2.45, 2.75) is 26.4 Å². The van der Waals surface area contributed by atoms with Crippen molar-refractivity contribution in [3.05, 3.63) is 23.0 Å². The van der Waals surface area contributed by atoms with E-state index < -0.39 is 5.60 Å². The third-order valence-electron chi connectivity index (χ3n) is 2.31. The van der Waals surface area contributed by atoms with Crippen LogP contribution in [0.25, 0.3) is 0 Å². The molecule has 0 radical (unpaired) electrons. The largest absolute Gasteiger partial charge is 0.397 e. The molecule has 0 aliphatic rings. The Hall–Kier alpha value is -1.33. The van der Waals surface area contributed by atoms with E-state index in [1.54, 1.807) is 0 Å². The molecule has 1 aromatic rings. The van der Waals surface area contributed by atoms with Gasteiger partial charge in [-0.3, -0.25) is 4.79 Å². The van der Waals surface area contributed by atoms with Crippen LogP contribution in [0, 0.1) is 0 Å². The lowest BCUT2D eigenvalue weighted by molar-refractivity contribution is -0.00815. The summed E-state index contributed by atoms with van der Waals surface area (Å²) in [7, 11) is 0. The third-order valence-corrected chi connectivity index (χ3v) is 2.62. The van der Waals surface area contributed by atoms with E-state index in [0.717, 1.165) is 0 Å². The van der Waals surface area contributed by atoms with Crippen molar-refractivity contribution in [1.82, 2.24) is 10.3 Å². The van der Waals surface area contributed by atoms with Gasteiger partial charge in [0.2, 0.25) is 0 Å². The predicted molar refractivity (Wildman–Crippen MR) is 71.7 cm³/mol. The zero-order valence-electron chi connectivity index (χ0n) is 10.8. The Balaban J connectivity index is 2.69. The van der Waals surface area contributed by atoms with Crippen LogP contribution < -0.4 is 11.1 Å². The summed E-state index contributed by atoms with van der Waals surface area (Å²) in [5.74, 6) is -0.312. The molecule has 100 valence electrons. The Morgan fingerprint density at radius 3 is 2.89 bits per heavy atom. The molecule has 0 bridgehead atoms. The first-order chi connectivity index (χ1) is 8.35. The highest BCUT2D eigenvalue weighted by Crippen LogP contribution is 2.16. The fourth-order valence-electron chi connectivity index (χ4n) is 1.45. The number of anilines is 1. The van der Waals surface area contributed by atoms with Gasteiger partial charge < -0.3 is 15.8 Å². The van der Waals surface area contributed by atoms with E-state index in [9.17, 15) is 4.79 Å². The van der Waals surface area contributed by atoms with Crippen molar-refractivity contribution in [2.24, 2.45) is 0 Å². The lowest BCUT2D eigenvalue weighted by atomic mass is 10.1. The van der Waals surface area contributed by atoms with Gasteiger partial charge >= 0.3 is 0 Å². The number of nitrogens with one attached hydrogen (secondary N) is 1. The van der Waals surface area contributed by atoms with Crippen molar-refractivity contribution in [3.63, 3.8) is 0 Å². The van der Waals surface area contributed by atoms with E-state index in [2.05, 4.69) is 10.3 Å². The molecule has 0 saturated carbocycles. The molecule has 1 amide bonds. The van der Waals surface area contributed by atoms with E-state index in [-0.39, 0.29) is 16.6 Å². The van der Waals surface area contributed by atoms with Crippen molar-refractivity contribution in [3.8, 4) is 0 Å². The average molecular weight is 272 g/mol. The first-order valence-electron chi connectivity index (χ1n) is 5.69. The molecule has 0 spiro atoms. The van der Waals surface area contributed by atoms with Crippen LogP contribution >= 0.6 is 11.6 Å². The van der Waals surface area contributed by atoms with Gasteiger partial charge in [-0.2, -0.15) is 0 Å². The number of halogens is 1. The van der Waals surface area contributed by atoms with Gasteiger partial charge in [0.15, 0.2) is 0 Å². The molecule has 0 aromatic carbocycles. The SMILES string of the molecule is CCOC(C)(C)CNC(=O)c1cc(N)cnc1Cl. The molecule has 0 fully saturated rings. The van der Waals surface area contributed by atoms with Gasteiger partial charge in [-0.1, -0.05) is 11.6 Å². The number of pyridine rings is 1. The van der Waals surface area contributed by atoms with Crippen molar-refractivity contribution in [1.29, 1.82) is 0 Å². The van der Waals surface area contributed by atoms with Crippen LogP contribution in [0.4, 0.5) is 5.69 Å². The molecule has 1 rings (SSSR count). The second-order valence-corrected chi connectivity index (χ2v) is 4.84. The molecular formula is C12H18ClN3O2. The number of nitrogens with two attached hydrogens (primary N) is 1. The summed E-state index contributed by atoms with van der Waals surface area (Å²) in [6, 6.07) is 1.50. The highest BCUT2D eigenvalue weighted by molar-refractivity contribution is 6.32. The Morgan fingerprint density at radius 2 is 2.28 bits per heavy atom. The number of carbonyl (C=O) groups excluding carboxylic acids is 1. The fourth-order valence-corrected chi connectivity index (χ4v) is 1.64. The highest BCUT2D eigenvalue weighted by atomic mass is 35.5. The zero-order chi connectivity index (χ0) is 13.8. The molecule has 18 heavy (non-hydrogen) atoms. The summed E-state index contributed by atoms with van der Waals surface area (Å²) in [5.41, 5.74) is 5.81. The summed E-state index contributed by atoms with van der Waals surface area (Å²) in [6.45, 7) is 6.67. The number of carbonyl (C=O) groups is 1. The molecule has 0 atom stereocenters. The fraction of sp³-hybridized carbons (Fsp3) is 0.500. The number of rotatable bonds is 5.